The molecule has 0 spiro atoms. The SMILES string of the molecule is CCCCCCc1ccc(-c2nnc(-c3ccc(OC(C)=O)c(F)c3)s2)cc1. The number of ether oxygens (including phenoxy) is 1. The molecule has 0 unspecified atom stereocenters. The fourth-order valence-corrected chi connectivity index (χ4v) is 3.74. The van der Waals surface area contributed by atoms with E-state index in [4.69, 9.17) is 4.74 Å². The van der Waals surface area contributed by atoms with Gasteiger partial charge in [-0.05, 0) is 36.6 Å². The van der Waals surface area contributed by atoms with Crippen LogP contribution in [0.25, 0.3) is 21.1 Å². The monoisotopic (exact) mass is 398 g/mol. The van der Waals surface area contributed by atoms with Gasteiger partial charge >= 0.3 is 5.97 Å². The number of hydrogen-bond acceptors (Lipinski definition) is 5. The molecule has 0 bridgehead atoms. The molecule has 0 N–H and O–H groups in total. The van der Waals surface area contributed by atoms with Gasteiger partial charge in [-0.15, -0.1) is 10.2 Å². The maximum Gasteiger partial charge on any atom is 0.308 e. The van der Waals surface area contributed by atoms with Crippen LogP contribution in [-0.2, 0) is 11.2 Å². The van der Waals surface area contributed by atoms with Gasteiger partial charge in [0.05, 0.1) is 0 Å². The lowest BCUT2D eigenvalue weighted by Gasteiger charge is -2.03. The summed E-state index contributed by atoms with van der Waals surface area (Å²) in [7, 11) is 0. The Labute approximate surface area is 168 Å². The number of unbranched alkanes of at least 4 members (excludes halogenated alkanes) is 3. The lowest BCUT2D eigenvalue weighted by Crippen LogP contribution is -2.03. The van der Waals surface area contributed by atoms with Crippen molar-refractivity contribution in [1.82, 2.24) is 10.2 Å². The number of aromatic nitrogens is 2. The molecule has 0 aliphatic heterocycles. The Morgan fingerprint density at radius 1 is 1.00 bits per heavy atom. The lowest BCUT2D eigenvalue weighted by atomic mass is 10.0. The molecule has 2 aromatic carbocycles. The minimum Gasteiger partial charge on any atom is -0.424 e. The summed E-state index contributed by atoms with van der Waals surface area (Å²) >= 11 is 1.40. The number of rotatable bonds is 8. The molecule has 0 aliphatic carbocycles. The van der Waals surface area contributed by atoms with Crippen LogP contribution in [0.5, 0.6) is 5.75 Å². The smallest absolute Gasteiger partial charge is 0.308 e. The summed E-state index contributed by atoms with van der Waals surface area (Å²) < 4.78 is 18.9. The summed E-state index contributed by atoms with van der Waals surface area (Å²) in [5.41, 5.74) is 2.93. The second-order valence-electron chi connectivity index (χ2n) is 6.66. The number of hydrogen-bond donors (Lipinski definition) is 0. The highest BCUT2D eigenvalue weighted by molar-refractivity contribution is 7.17. The van der Waals surface area contributed by atoms with E-state index in [1.807, 2.05) is 0 Å². The number of aryl methyl sites for hydroxylation is 1. The molecule has 0 fully saturated rings. The number of benzene rings is 2. The minimum atomic E-state index is -0.600. The zero-order chi connectivity index (χ0) is 19.9. The number of nitrogens with zero attached hydrogens (tertiary/aromatic N) is 2. The highest BCUT2D eigenvalue weighted by Gasteiger charge is 2.12. The van der Waals surface area contributed by atoms with Crippen LogP contribution < -0.4 is 4.74 Å². The molecule has 3 rings (SSSR count). The standard InChI is InChI=1S/C22H23FN2O2S/c1-3-4-5-6-7-16-8-10-17(11-9-16)21-24-25-22(28-21)18-12-13-20(19(23)14-18)27-15(2)26/h8-14H,3-7H2,1-2H3. The third-order valence-corrected chi connectivity index (χ3v) is 5.40. The van der Waals surface area contributed by atoms with Gasteiger partial charge in [0.2, 0.25) is 0 Å². The normalized spacial score (nSPS) is 10.8. The van der Waals surface area contributed by atoms with Gasteiger partial charge in [-0.3, -0.25) is 4.79 Å². The van der Waals surface area contributed by atoms with E-state index in [0.29, 0.717) is 10.6 Å². The molecule has 0 radical (unpaired) electrons. The van der Waals surface area contributed by atoms with Crippen LogP contribution in [0.2, 0.25) is 0 Å². The molecular weight excluding hydrogens is 375 g/mol. The minimum absolute atomic E-state index is 0.0875. The predicted molar refractivity (Wildman–Crippen MR) is 110 cm³/mol. The van der Waals surface area contributed by atoms with Gasteiger partial charge in [-0.25, -0.2) is 4.39 Å². The van der Waals surface area contributed by atoms with Crippen LogP contribution in [0, 0.1) is 5.82 Å². The Morgan fingerprint density at radius 3 is 2.32 bits per heavy atom. The van der Waals surface area contributed by atoms with Gasteiger partial charge in [0.15, 0.2) is 11.6 Å². The van der Waals surface area contributed by atoms with Crippen molar-refractivity contribution < 1.29 is 13.9 Å². The van der Waals surface area contributed by atoms with Gasteiger partial charge in [-0.1, -0.05) is 61.8 Å². The third kappa shape index (κ3) is 5.23. The van der Waals surface area contributed by atoms with Gasteiger partial charge in [0.1, 0.15) is 10.0 Å². The zero-order valence-corrected chi connectivity index (χ0v) is 16.9. The third-order valence-electron chi connectivity index (χ3n) is 4.38. The van der Waals surface area contributed by atoms with E-state index in [-0.39, 0.29) is 5.75 Å². The van der Waals surface area contributed by atoms with Crippen molar-refractivity contribution in [2.75, 3.05) is 0 Å². The Bertz CT molecular complexity index is 938. The molecule has 0 amide bonds. The first-order chi connectivity index (χ1) is 13.6. The van der Waals surface area contributed by atoms with E-state index in [2.05, 4.69) is 41.4 Å². The molecule has 0 saturated carbocycles. The first kappa shape index (κ1) is 20.1. The highest BCUT2D eigenvalue weighted by Crippen LogP contribution is 2.32. The number of halogens is 1. The summed E-state index contributed by atoms with van der Waals surface area (Å²) in [4.78, 5) is 11.0. The summed E-state index contributed by atoms with van der Waals surface area (Å²) in [6.45, 7) is 3.45. The summed E-state index contributed by atoms with van der Waals surface area (Å²) in [6.07, 6.45) is 6.11. The molecule has 1 heterocycles. The molecule has 0 aliphatic rings. The quantitative estimate of drug-likeness (QED) is 0.263. The van der Waals surface area contributed by atoms with Crippen LogP contribution in [0.15, 0.2) is 42.5 Å². The Kier molecular flexibility index (Phi) is 6.87. The maximum atomic E-state index is 14.1. The lowest BCUT2D eigenvalue weighted by molar-refractivity contribution is -0.132. The van der Waals surface area contributed by atoms with Crippen LogP contribution in [0.4, 0.5) is 4.39 Å². The van der Waals surface area contributed by atoms with Gasteiger partial charge in [-0.2, -0.15) is 0 Å². The van der Waals surface area contributed by atoms with Crippen LogP contribution >= 0.6 is 11.3 Å². The summed E-state index contributed by atoms with van der Waals surface area (Å²) in [5, 5.41) is 9.83. The Balaban J connectivity index is 1.70. The Hall–Kier alpha value is -2.60. The van der Waals surface area contributed by atoms with Crippen molar-refractivity contribution in [3.05, 3.63) is 53.8 Å². The first-order valence-electron chi connectivity index (χ1n) is 9.48. The van der Waals surface area contributed by atoms with Crippen molar-refractivity contribution >= 4 is 17.3 Å². The number of esters is 1. The molecule has 0 atom stereocenters. The van der Waals surface area contributed by atoms with Crippen molar-refractivity contribution in [3.8, 4) is 26.9 Å². The first-order valence-corrected chi connectivity index (χ1v) is 10.3. The molecule has 3 aromatic rings. The average molecular weight is 399 g/mol. The van der Waals surface area contributed by atoms with Crippen LogP contribution in [-0.4, -0.2) is 16.2 Å². The molecule has 28 heavy (non-hydrogen) atoms. The second-order valence-corrected chi connectivity index (χ2v) is 7.64. The molecule has 1 aromatic heterocycles. The van der Waals surface area contributed by atoms with Gasteiger partial charge in [0, 0.05) is 18.1 Å². The fourth-order valence-electron chi connectivity index (χ4n) is 2.90. The van der Waals surface area contributed by atoms with E-state index in [0.717, 1.165) is 17.0 Å². The number of carbonyl (C=O) groups is 1. The van der Waals surface area contributed by atoms with E-state index in [1.54, 1.807) is 6.07 Å². The van der Waals surface area contributed by atoms with Crippen LogP contribution in [0.1, 0.15) is 45.1 Å². The summed E-state index contributed by atoms with van der Waals surface area (Å²) in [6, 6.07) is 12.8. The topological polar surface area (TPSA) is 52.1 Å². The molecule has 146 valence electrons. The van der Waals surface area contributed by atoms with E-state index >= 15 is 0 Å². The fraction of sp³-hybridized carbons (Fsp3) is 0.318. The molecule has 0 saturated heterocycles. The van der Waals surface area contributed by atoms with Crippen molar-refractivity contribution in [2.24, 2.45) is 0 Å². The number of carbonyl (C=O) groups excluding carboxylic acids is 1. The summed E-state index contributed by atoms with van der Waals surface area (Å²) in [5.74, 6) is -1.24. The highest BCUT2D eigenvalue weighted by atomic mass is 32.1. The predicted octanol–water partition coefficient (Wildman–Crippen LogP) is 6.06. The van der Waals surface area contributed by atoms with Crippen molar-refractivity contribution in [2.45, 2.75) is 46.0 Å². The second kappa shape index (κ2) is 9.55. The largest absolute Gasteiger partial charge is 0.424 e. The Morgan fingerprint density at radius 2 is 1.68 bits per heavy atom. The molecule has 6 heteroatoms. The molecular formula is C22H23FN2O2S. The zero-order valence-electron chi connectivity index (χ0n) is 16.1. The van der Waals surface area contributed by atoms with E-state index < -0.39 is 11.8 Å². The maximum absolute atomic E-state index is 14.1. The van der Waals surface area contributed by atoms with E-state index in [9.17, 15) is 9.18 Å². The van der Waals surface area contributed by atoms with Crippen molar-refractivity contribution in [3.63, 3.8) is 0 Å². The average Bonchev–Trinajstić information content (AvgIpc) is 3.17. The van der Waals surface area contributed by atoms with Gasteiger partial charge in [0.25, 0.3) is 0 Å². The molecule has 4 nitrogen and oxygen atoms in total. The van der Waals surface area contributed by atoms with Crippen molar-refractivity contribution in [1.29, 1.82) is 0 Å². The van der Waals surface area contributed by atoms with Gasteiger partial charge < -0.3 is 4.74 Å². The van der Waals surface area contributed by atoms with Crippen LogP contribution in [0.3, 0.4) is 0 Å². The van der Waals surface area contributed by atoms with E-state index in [1.165, 1.54) is 61.6 Å².